The SMILES string of the molecule is O=C(O)c1ccc(Br)c(NS(=O)(=O)c2ccccc2Br)c1. The molecular weight excluding hydrogens is 426 g/mol. The van der Waals surface area contributed by atoms with Gasteiger partial charge in [0.1, 0.15) is 4.90 Å². The van der Waals surface area contributed by atoms with E-state index in [0.29, 0.717) is 8.95 Å². The molecule has 0 saturated carbocycles. The highest BCUT2D eigenvalue weighted by molar-refractivity contribution is 9.11. The fourth-order valence-corrected chi connectivity index (χ4v) is 4.15. The molecule has 0 aromatic heterocycles. The molecule has 0 bridgehead atoms. The number of benzene rings is 2. The first kappa shape index (κ1) is 16.0. The number of aromatic carboxylic acids is 1. The maximum atomic E-state index is 12.3. The summed E-state index contributed by atoms with van der Waals surface area (Å²) in [6.07, 6.45) is 0. The third-order valence-electron chi connectivity index (χ3n) is 2.58. The number of anilines is 1. The molecule has 8 heteroatoms. The average molecular weight is 435 g/mol. The summed E-state index contributed by atoms with van der Waals surface area (Å²) < 4.78 is 27.9. The number of hydrogen-bond acceptors (Lipinski definition) is 3. The molecule has 0 aliphatic carbocycles. The first-order valence-corrected chi connectivity index (χ1v) is 8.68. The van der Waals surface area contributed by atoms with Crippen molar-refractivity contribution in [2.75, 3.05) is 4.72 Å². The van der Waals surface area contributed by atoms with E-state index in [1.54, 1.807) is 18.2 Å². The monoisotopic (exact) mass is 433 g/mol. The van der Waals surface area contributed by atoms with Gasteiger partial charge in [0, 0.05) is 8.95 Å². The number of sulfonamides is 1. The summed E-state index contributed by atoms with van der Waals surface area (Å²) in [5, 5.41) is 8.96. The van der Waals surface area contributed by atoms with E-state index < -0.39 is 16.0 Å². The first-order valence-electron chi connectivity index (χ1n) is 5.61. The van der Waals surface area contributed by atoms with Crippen LogP contribution in [0.5, 0.6) is 0 Å². The summed E-state index contributed by atoms with van der Waals surface area (Å²) >= 11 is 6.37. The Morgan fingerprint density at radius 1 is 1.05 bits per heavy atom. The van der Waals surface area contributed by atoms with Gasteiger partial charge in [-0.2, -0.15) is 0 Å². The lowest BCUT2D eigenvalue weighted by molar-refractivity contribution is 0.0697. The summed E-state index contributed by atoms with van der Waals surface area (Å²) in [6.45, 7) is 0. The van der Waals surface area contributed by atoms with Crippen LogP contribution in [-0.4, -0.2) is 19.5 Å². The second-order valence-corrected chi connectivity index (χ2v) is 7.40. The Morgan fingerprint density at radius 3 is 2.33 bits per heavy atom. The fourth-order valence-electron chi connectivity index (χ4n) is 1.60. The highest BCUT2D eigenvalue weighted by atomic mass is 79.9. The van der Waals surface area contributed by atoms with Crippen molar-refractivity contribution < 1.29 is 18.3 Å². The molecular formula is C13H9Br2NO4S. The largest absolute Gasteiger partial charge is 0.478 e. The van der Waals surface area contributed by atoms with Crippen molar-refractivity contribution in [3.63, 3.8) is 0 Å². The van der Waals surface area contributed by atoms with Crippen LogP contribution < -0.4 is 4.72 Å². The molecule has 0 spiro atoms. The number of nitrogens with one attached hydrogen (secondary N) is 1. The Balaban J connectivity index is 2.44. The van der Waals surface area contributed by atoms with Gasteiger partial charge in [-0.3, -0.25) is 4.72 Å². The van der Waals surface area contributed by atoms with Gasteiger partial charge in [0.25, 0.3) is 10.0 Å². The van der Waals surface area contributed by atoms with Crippen molar-refractivity contribution in [3.05, 3.63) is 57.0 Å². The second kappa shape index (κ2) is 6.17. The van der Waals surface area contributed by atoms with Crippen molar-refractivity contribution in [1.29, 1.82) is 0 Å². The lowest BCUT2D eigenvalue weighted by Crippen LogP contribution is -2.14. The van der Waals surface area contributed by atoms with E-state index in [-0.39, 0.29) is 16.1 Å². The Hall–Kier alpha value is -1.38. The first-order chi connectivity index (χ1) is 9.81. The van der Waals surface area contributed by atoms with Crippen molar-refractivity contribution in [2.24, 2.45) is 0 Å². The number of carboxylic acids is 1. The summed E-state index contributed by atoms with van der Waals surface area (Å²) in [7, 11) is -3.83. The molecule has 2 aromatic carbocycles. The highest BCUT2D eigenvalue weighted by Crippen LogP contribution is 2.28. The van der Waals surface area contributed by atoms with Crippen LogP contribution in [0.4, 0.5) is 5.69 Å². The van der Waals surface area contributed by atoms with Crippen LogP contribution in [0.1, 0.15) is 10.4 Å². The van der Waals surface area contributed by atoms with Crippen LogP contribution in [0.2, 0.25) is 0 Å². The van der Waals surface area contributed by atoms with Crippen LogP contribution in [0.15, 0.2) is 56.3 Å². The van der Waals surface area contributed by atoms with Crippen LogP contribution in [0.3, 0.4) is 0 Å². The van der Waals surface area contributed by atoms with Gasteiger partial charge in [-0.15, -0.1) is 0 Å². The molecule has 2 N–H and O–H groups in total. The van der Waals surface area contributed by atoms with E-state index >= 15 is 0 Å². The molecule has 2 rings (SSSR count). The van der Waals surface area contributed by atoms with Crippen LogP contribution >= 0.6 is 31.9 Å². The van der Waals surface area contributed by atoms with Crippen LogP contribution in [0.25, 0.3) is 0 Å². The van der Waals surface area contributed by atoms with Crippen molar-refractivity contribution in [2.45, 2.75) is 4.90 Å². The minimum Gasteiger partial charge on any atom is -0.478 e. The molecule has 0 aliphatic rings. The zero-order valence-electron chi connectivity index (χ0n) is 10.4. The minimum absolute atomic E-state index is 0.0111. The topological polar surface area (TPSA) is 83.5 Å². The van der Waals surface area contributed by atoms with E-state index in [9.17, 15) is 13.2 Å². The molecule has 0 atom stereocenters. The fraction of sp³-hybridized carbons (Fsp3) is 0. The predicted molar refractivity (Wildman–Crippen MR) is 86.1 cm³/mol. The standard InChI is InChI=1S/C13H9Br2NO4S/c14-9-6-5-8(13(17)18)7-11(9)16-21(19,20)12-4-2-1-3-10(12)15/h1-7,16H,(H,17,18). The number of carbonyl (C=O) groups is 1. The Bertz CT molecular complexity index is 806. The molecule has 0 fully saturated rings. The normalized spacial score (nSPS) is 11.1. The summed E-state index contributed by atoms with van der Waals surface area (Å²) in [6, 6.07) is 10.5. The average Bonchev–Trinajstić information content (AvgIpc) is 2.41. The highest BCUT2D eigenvalue weighted by Gasteiger charge is 2.19. The molecule has 0 radical (unpaired) electrons. The van der Waals surface area contributed by atoms with Crippen molar-refractivity contribution in [1.82, 2.24) is 0 Å². The zero-order chi connectivity index (χ0) is 15.6. The van der Waals surface area contributed by atoms with Gasteiger partial charge < -0.3 is 5.11 Å². The van der Waals surface area contributed by atoms with E-state index in [0.717, 1.165) is 0 Å². The van der Waals surface area contributed by atoms with Crippen molar-refractivity contribution in [3.8, 4) is 0 Å². The summed E-state index contributed by atoms with van der Waals surface area (Å²) in [5.41, 5.74) is 0.147. The van der Waals surface area contributed by atoms with Crippen LogP contribution in [0, 0.1) is 0 Å². The molecule has 0 aliphatic heterocycles. The second-order valence-electron chi connectivity index (χ2n) is 4.04. The maximum absolute atomic E-state index is 12.3. The minimum atomic E-state index is -3.83. The number of hydrogen-bond donors (Lipinski definition) is 2. The van der Waals surface area contributed by atoms with Crippen molar-refractivity contribution >= 4 is 53.5 Å². The number of halogens is 2. The van der Waals surface area contributed by atoms with Gasteiger partial charge in [0.15, 0.2) is 0 Å². The molecule has 110 valence electrons. The lowest BCUT2D eigenvalue weighted by Gasteiger charge is -2.11. The molecule has 0 amide bonds. The Kier molecular flexibility index (Phi) is 4.70. The van der Waals surface area contributed by atoms with E-state index in [1.165, 1.54) is 24.3 Å². The molecule has 0 saturated heterocycles. The van der Waals surface area contributed by atoms with Crippen LogP contribution in [-0.2, 0) is 10.0 Å². The Labute approximate surface area is 138 Å². The van der Waals surface area contributed by atoms with E-state index in [2.05, 4.69) is 36.6 Å². The van der Waals surface area contributed by atoms with Gasteiger partial charge in [-0.1, -0.05) is 12.1 Å². The maximum Gasteiger partial charge on any atom is 0.335 e. The van der Waals surface area contributed by atoms with Gasteiger partial charge in [0.05, 0.1) is 11.3 Å². The third kappa shape index (κ3) is 3.63. The van der Waals surface area contributed by atoms with Gasteiger partial charge in [-0.05, 0) is 62.2 Å². The molecule has 5 nitrogen and oxygen atoms in total. The molecule has 2 aromatic rings. The summed E-state index contributed by atoms with van der Waals surface area (Å²) in [5.74, 6) is -1.14. The number of rotatable bonds is 4. The predicted octanol–water partition coefficient (Wildman–Crippen LogP) is 3.71. The molecule has 0 heterocycles. The van der Waals surface area contributed by atoms with Gasteiger partial charge in [0.2, 0.25) is 0 Å². The smallest absolute Gasteiger partial charge is 0.335 e. The molecule has 21 heavy (non-hydrogen) atoms. The molecule has 0 unspecified atom stereocenters. The number of carboxylic acid groups (broad SMARTS) is 1. The van der Waals surface area contributed by atoms with E-state index in [4.69, 9.17) is 5.11 Å². The Morgan fingerprint density at radius 2 is 1.71 bits per heavy atom. The third-order valence-corrected chi connectivity index (χ3v) is 5.65. The zero-order valence-corrected chi connectivity index (χ0v) is 14.4. The van der Waals surface area contributed by atoms with Gasteiger partial charge >= 0.3 is 5.97 Å². The van der Waals surface area contributed by atoms with Gasteiger partial charge in [-0.25, -0.2) is 13.2 Å². The lowest BCUT2D eigenvalue weighted by atomic mass is 10.2. The quantitative estimate of drug-likeness (QED) is 0.768. The summed E-state index contributed by atoms with van der Waals surface area (Å²) in [4.78, 5) is 11.0. The van der Waals surface area contributed by atoms with E-state index in [1.807, 2.05) is 0 Å².